The quantitative estimate of drug-likeness (QED) is 0.570. The highest BCUT2D eigenvalue weighted by molar-refractivity contribution is 5.94. The molecule has 0 bridgehead atoms. The molecule has 1 aromatic carbocycles. The summed E-state index contributed by atoms with van der Waals surface area (Å²) in [6.07, 6.45) is 0. The Balaban J connectivity index is 2.75. The maximum Gasteiger partial charge on any atom is 0.348 e. The number of carboxylic acid groups (broad SMARTS) is 1. The summed E-state index contributed by atoms with van der Waals surface area (Å²) >= 11 is 0. The zero-order valence-electron chi connectivity index (χ0n) is 9.71. The zero-order chi connectivity index (χ0) is 14.2. The van der Waals surface area contributed by atoms with Crippen LogP contribution in [0.15, 0.2) is 16.9 Å². The molecular formula is C11H9N3O5. The van der Waals surface area contributed by atoms with Crippen LogP contribution in [0.1, 0.15) is 16.2 Å². The Kier molecular flexibility index (Phi) is 2.91. The molecule has 0 amide bonds. The van der Waals surface area contributed by atoms with Crippen molar-refractivity contribution in [3.63, 3.8) is 0 Å². The minimum absolute atomic E-state index is 0.133. The van der Waals surface area contributed by atoms with Gasteiger partial charge in [0.25, 0.3) is 0 Å². The molecule has 0 aliphatic heterocycles. The number of hydrogen-bond donors (Lipinski definition) is 4. The molecule has 1 aromatic heterocycles. The fourth-order valence-electron chi connectivity index (χ4n) is 1.56. The van der Waals surface area contributed by atoms with Crippen LogP contribution in [0.4, 0.5) is 0 Å². The van der Waals surface area contributed by atoms with Crippen LogP contribution in [0.3, 0.4) is 0 Å². The highest BCUT2D eigenvalue weighted by Crippen LogP contribution is 2.33. The van der Waals surface area contributed by atoms with Gasteiger partial charge in [-0.25, -0.2) is 14.6 Å². The summed E-state index contributed by atoms with van der Waals surface area (Å²) in [4.78, 5) is 31.9. The number of H-pyrrole nitrogens is 1. The molecule has 0 fully saturated rings. The number of benzene rings is 1. The lowest BCUT2D eigenvalue weighted by atomic mass is 10.1. The van der Waals surface area contributed by atoms with Crippen molar-refractivity contribution in [2.24, 2.45) is 0 Å². The summed E-state index contributed by atoms with van der Waals surface area (Å²) in [5, 5.41) is 28.2. The Labute approximate surface area is 106 Å². The first kappa shape index (κ1) is 12.6. The van der Waals surface area contributed by atoms with Gasteiger partial charge < -0.3 is 15.3 Å². The maximum absolute atomic E-state index is 11.2. The SMILES string of the molecule is Cc1nc(-c2cc(O)cc(C(=O)O)c2O)nc(=O)[nH]1. The summed E-state index contributed by atoms with van der Waals surface area (Å²) in [5.74, 6) is -2.34. The van der Waals surface area contributed by atoms with Gasteiger partial charge >= 0.3 is 11.7 Å². The Morgan fingerprint density at radius 2 is 1.95 bits per heavy atom. The van der Waals surface area contributed by atoms with Gasteiger partial charge in [-0.15, -0.1) is 0 Å². The molecule has 0 atom stereocenters. The molecule has 0 aliphatic rings. The van der Waals surface area contributed by atoms with Crippen LogP contribution in [0.25, 0.3) is 11.4 Å². The van der Waals surface area contributed by atoms with Crippen LogP contribution >= 0.6 is 0 Å². The van der Waals surface area contributed by atoms with Gasteiger partial charge in [0.15, 0.2) is 5.82 Å². The first-order valence-electron chi connectivity index (χ1n) is 5.13. The van der Waals surface area contributed by atoms with Crippen molar-refractivity contribution in [1.82, 2.24) is 15.0 Å². The molecule has 0 saturated carbocycles. The number of carbonyl (C=O) groups is 1. The van der Waals surface area contributed by atoms with E-state index in [1.807, 2.05) is 0 Å². The Hall–Kier alpha value is -2.90. The second-order valence-corrected chi connectivity index (χ2v) is 3.76. The number of carboxylic acids is 1. The van der Waals surface area contributed by atoms with E-state index in [2.05, 4.69) is 15.0 Å². The van der Waals surface area contributed by atoms with E-state index in [1.54, 1.807) is 0 Å². The van der Waals surface area contributed by atoms with Crippen molar-refractivity contribution < 1.29 is 20.1 Å². The third-order valence-corrected chi connectivity index (χ3v) is 2.33. The van der Waals surface area contributed by atoms with Crippen LogP contribution in [0.5, 0.6) is 11.5 Å². The van der Waals surface area contributed by atoms with Crippen LogP contribution in [0.2, 0.25) is 0 Å². The molecular weight excluding hydrogens is 254 g/mol. The monoisotopic (exact) mass is 263 g/mol. The molecule has 0 saturated heterocycles. The van der Waals surface area contributed by atoms with Gasteiger partial charge in [0, 0.05) is 0 Å². The van der Waals surface area contributed by atoms with Gasteiger partial charge in [-0.05, 0) is 19.1 Å². The van der Waals surface area contributed by atoms with E-state index in [1.165, 1.54) is 6.92 Å². The lowest BCUT2D eigenvalue weighted by Gasteiger charge is -2.07. The van der Waals surface area contributed by atoms with Gasteiger partial charge in [0.05, 0.1) is 5.56 Å². The molecule has 19 heavy (non-hydrogen) atoms. The van der Waals surface area contributed by atoms with Crippen LogP contribution in [-0.4, -0.2) is 36.2 Å². The summed E-state index contributed by atoms with van der Waals surface area (Å²) < 4.78 is 0. The van der Waals surface area contributed by atoms with E-state index in [0.29, 0.717) is 0 Å². The van der Waals surface area contributed by atoms with Crippen molar-refractivity contribution in [2.75, 3.05) is 0 Å². The van der Waals surface area contributed by atoms with Crippen molar-refractivity contribution >= 4 is 5.97 Å². The number of aromatic carboxylic acids is 1. The lowest BCUT2D eigenvalue weighted by molar-refractivity contribution is 0.0693. The smallest absolute Gasteiger partial charge is 0.348 e. The third kappa shape index (κ3) is 2.37. The number of nitrogens with zero attached hydrogens (tertiary/aromatic N) is 2. The van der Waals surface area contributed by atoms with Gasteiger partial charge in [-0.1, -0.05) is 0 Å². The summed E-state index contributed by atoms with van der Waals surface area (Å²) in [5.41, 5.74) is -1.33. The minimum Gasteiger partial charge on any atom is -0.508 e. The number of nitrogens with one attached hydrogen (secondary N) is 1. The van der Waals surface area contributed by atoms with Gasteiger partial charge in [0.2, 0.25) is 0 Å². The molecule has 0 radical (unpaired) electrons. The van der Waals surface area contributed by atoms with Crippen molar-refractivity contribution in [2.45, 2.75) is 6.92 Å². The summed E-state index contributed by atoms with van der Waals surface area (Å²) in [6.45, 7) is 1.50. The van der Waals surface area contributed by atoms with E-state index in [0.717, 1.165) is 12.1 Å². The molecule has 2 rings (SSSR count). The predicted octanol–water partition coefficient (Wildman–Crippen LogP) is 0.250. The van der Waals surface area contributed by atoms with Gasteiger partial charge in [0.1, 0.15) is 22.9 Å². The molecule has 8 heteroatoms. The van der Waals surface area contributed by atoms with Gasteiger partial charge in [-0.2, -0.15) is 4.98 Å². The van der Waals surface area contributed by atoms with Crippen LogP contribution < -0.4 is 5.69 Å². The van der Waals surface area contributed by atoms with Crippen molar-refractivity contribution in [3.05, 3.63) is 34.0 Å². The average Bonchev–Trinajstić information content (AvgIpc) is 2.30. The molecule has 0 aliphatic carbocycles. The number of aryl methyl sites for hydroxylation is 1. The number of aromatic amines is 1. The second-order valence-electron chi connectivity index (χ2n) is 3.76. The standard InChI is InChI=1S/C11H9N3O5/c1-4-12-9(14-11(19)13-4)6-2-5(15)3-7(8(6)16)10(17)18/h2-3,15-16H,1H3,(H,17,18)(H,12,13,14,19). The summed E-state index contributed by atoms with van der Waals surface area (Å²) in [6, 6.07) is 1.97. The number of hydrogen-bond acceptors (Lipinski definition) is 6. The Morgan fingerprint density at radius 3 is 2.53 bits per heavy atom. The third-order valence-electron chi connectivity index (χ3n) is 2.33. The highest BCUT2D eigenvalue weighted by atomic mass is 16.4. The fourth-order valence-corrected chi connectivity index (χ4v) is 1.56. The van der Waals surface area contributed by atoms with E-state index in [-0.39, 0.29) is 23.0 Å². The number of phenols is 2. The van der Waals surface area contributed by atoms with Crippen LogP contribution in [-0.2, 0) is 0 Å². The molecule has 0 unspecified atom stereocenters. The largest absolute Gasteiger partial charge is 0.508 e. The normalized spacial score (nSPS) is 10.4. The minimum atomic E-state index is -1.42. The first-order chi connectivity index (χ1) is 8.88. The number of rotatable bonds is 2. The molecule has 2 aromatic rings. The number of aromatic nitrogens is 3. The predicted molar refractivity (Wildman–Crippen MR) is 63.1 cm³/mol. The fraction of sp³-hybridized carbons (Fsp3) is 0.0909. The first-order valence-corrected chi connectivity index (χ1v) is 5.13. The van der Waals surface area contributed by atoms with Crippen LogP contribution in [0, 0.1) is 6.92 Å². The van der Waals surface area contributed by atoms with E-state index in [4.69, 9.17) is 5.11 Å². The molecule has 98 valence electrons. The lowest BCUT2D eigenvalue weighted by Crippen LogP contribution is -2.14. The van der Waals surface area contributed by atoms with E-state index >= 15 is 0 Å². The second kappa shape index (κ2) is 4.41. The molecule has 4 N–H and O–H groups in total. The Morgan fingerprint density at radius 1 is 1.26 bits per heavy atom. The topological polar surface area (TPSA) is 136 Å². The number of aromatic hydroxyl groups is 2. The molecule has 8 nitrogen and oxygen atoms in total. The van der Waals surface area contributed by atoms with E-state index in [9.17, 15) is 19.8 Å². The molecule has 0 spiro atoms. The number of phenolic OH excluding ortho intramolecular Hbond substituents is 1. The maximum atomic E-state index is 11.2. The van der Waals surface area contributed by atoms with Crippen molar-refractivity contribution in [1.29, 1.82) is 0 Å². The highest BCUT2D eigenvalue weighted by Gasteiger charge is 2.18. The molecule has 1 heterocycles. The Bertz CT molecular complexity index is 723. The summed E-state index contributed by atoms with van der Waals surface area (Å²) in [7, 11) is 0. The average molecular weight is 263 g/mol. The van der Waals surface area contributed by atoms with Gasteiger partial charge in [-0.3, -0.25) is 4.98 Å². The van der Waals surface area contributed by atoms with Crippen molar-refractivity contribution in [3.8, 4) is 22.9 Å². The van der Waals surface area contributed by atoms with E-state index < -0.39 is 23.0 Å². The zero-order valence-corrected chi connectivity index (χ0v) is 9.71.